The smallest absolute Gasteiger partial charge is 0.409 e. The number of hydrogen-bond acceptors (Lipinski definition) is 6. The first-order valence-electron chi connectivity index (χ1n) is 8.34. The van der Waals surface area contributed by atoms with Gasteiger partial charge in [0.05, 0.1) is 13.7 Å². The van der Waals surface area contributed by atoms with Crippen LogP contribution in [0.5, 0.6) is 6.01 Å². The summed E-state index contributed by atoms with van der Waals surface area (Å²) in [6.07, 6.45) is 0.477. The van der Waals surface area contributed by atoms with E-state index in [1.807, 2.05) is 6.07 Å². The predicted molar refractivity (Wildman–Crippen MR) is 92.9 cm³/mol. The second-order valence-electron chi connectivity index (χ2n) is 5.84. The Labute approximate surface area is 150 Å². The van der Waals surface area contributed by atoms with Crippen LogP contribution in [0.1, 0.15) is 16.8 Å². The van der Waals surface area contributed by atoms with E-state index < -0.39 is 0 Å². The molecule has 0 bridgehead atoms. The zero-order chi connectivity index (χ0) is 18.5. The predicted octanol–water partition coefficient (Wildman–Crippen LogP) is 1.06. The molecule has 2 heterocycles. The molecule has 138 valence electrons. The average Bonchev–Trinajstić information content (AvgIpc) is 3.04. The Hall–Kier alpha value is -3.10. The molecular formula is C17H21N5O4. The molecule has 2 aromatic rings. The SMILES string of the molecule is COc1nc(-c2cccc(C(=O)NCCN3CCCOC3=O)c2)nn1C. The van der Waals surface area contributed by atoms with Crippen LogP contribution < -0.4 is 10.1 Å². The zero-order valence-corrected chi connectivity index (χ0v) is 14.8. The summed E-state index contributed by atoms with van der Waals surface area (Å²) in [7, 11) is 3.26. The molecule has 1 aliphatic heterocycles. The lowest BCUT2D eigenvalue weighted by atomic mass is 10.1. The number of ether oxygens (including phenoxy) is 2. The topological polar surface area (TPSA) is 98.6 Å². The van der Waals surface area contributed by atoms with Gasteiger partial charge in [0.25, 0.3) is 5.91 Å². The van der Waals surface area contributed by atoms with E-state index in [0.717, 1.165) is 12.0 Å². The summed E-state index contributed by atoms with van der Waals surface area (Å²) < 4.78 is 11.6. The van der Waals surface area contributed by atoms with Gasteiger partial charge in [0.15, 0.2) is 5.82 Å². The first-order valence-corrected chi connectivity index (χ1v) is 8.34. The summed E-state index contributed by atoms with van der Waals surface area (Å²) in [6.45, 7) is 1.88. The van der Waals surface area contributed by atoms with Crippen LogP contribution in [0.4, 0.5) is 4.79 Å². The standard InChI is InChI=1S/C17H21N5O4/c1-21-16(25-2)19-14(20-21)12-5-3-6-13(11-12)15(23)18-7-9-22-8-4-10-26-17(22)24/h3,5-6,11H,4,7-10H2,1-2H3,(H,18,23). The summed E-state index contributed by atoms with van der Waals surface area (Å²) in [6, 6.07) is 7.43. The number of hydrogen-bond donors (Lipinski definition) is 1. The normalized spacial score (nSPS) is 14.1. The lowest BCUT2D eigenvalue weighted by molar-refractivity contribution is 0.0719. The third-order valence-corrected chi connectivity index (χ3v) is 4.01. The molecule has 9 nitrogen and oxygen atoms in total. The quantitative estimate of drug-likeness (QED) is 0.828. The van der Waals surface area contributed by atoms with Crippen molar-refractivity contribution in [3.63, 3.8) is 0 Å². The molecule has 1 aliphatic rings. The minimum Gasteiger partial charge on any atom is -0.467 e. The number of benzene rings is 1. The van der Waals surface area contributed by atoms with E-state index in [1.54, 1.807) is 30.1 Å². The average molecular weight is 359 g/mol. The maximum atomic E-state index is 12.4. The Bertz CT molecular complexity index is 804. The fourth-order valence-corrected chi connectivity index (χ4v) is 2.68. The van der Waals surface area contributed by atoms with Crippen LogP contribution in [0.3, 0.4) is 0 Å². The van der Waals surface area contributed by atoms with Crippen LogP contribution in [-0.4, -0.2) is 65.0 Å². The van der Waals surface area contributed by atoms with Gasteiger partial charge < -0.3 is 19.7 Å². The number of carbonyl (C=O) groups excluding carboxylic acids is 2. The Balaban J connectivity index is 1.61. The van der Waals surface area contributed by atoms with E-state index in [9.17, 15) is 9.59 Å². The second-order valence-corrected chi connectivity index (χ2v) is 5.84. The van der Waals surface area contributed by atoms with Gasteiger partial charge in [-0.25, -0.2) is 9.48 Å². The maximum Gasteiger partial charge on any atom is 0.409 e. The highest BCUT2D eigenvalue weighted by Gasteiger charge is 2.19. The molecular weight excluding hydrogens is 338 g/mol. The van der Waals surface area contributed by atoms with Crippen LogP contribution in [0.2, 0.25) is 0 Å². The van der Waals surface area contributed by atoms with Gasteiger partial charge in [0.1, 0.15) is 0 Å². The van der Waals surface area contributed by atoms with Crippen LogP contribution in [0.15, 0.2) is 24.3 Å². The van der Waals surface area contributed by atoms with Gasteiger partial charge in [0.2, 0.25) is 0 Å². The summed E-state index contributed by atoms with van der Waals surface area (Å²) in [5.74, 6) is 0.259. The number of nitrogens with zero attached hydrogens (tertiary/aromatic N) is 4. The zero-order valence-electron chi connectivity index (χ0n) is 14.8. The van der Waals surface area contributed by atoms with Gasteiger partial charge in [-0.15, -0.1) is 5.10 Å². The largest absolute Gasteiger partial charge is 0.467 e. The van der Waals surface area contributed by atoms with Gasteiger partial charge in [-0.1, -0.05) is 12.1 Å². The van der Waals surface area contributed by atoms with Gasteiger partial charge in [-0.2, -0.15) is 4.98 Å². The monoisotopic (exact) mass is 359 g/mol. The molecule has 3 rings (SSSR count). The van der Waals surface area contributed by atoms with E-state index in [0.29, 0.717) is 43.6 Å². The summed E-state index contributed by atoms with van der Waals surface area (Å²) in [5.41, 5.74) is 1.21. The van der Waals surface area contributed by atoms with Gasteiger partial charge in [-0.05, 0) is 18.6 Å². The number of aromatic nitrogens is 3. The molecule has 1 fully saturated rings. The van der Waals surface area contributed by atoms with E-state index in [4.69, 9.17) is 9.47 Å². The highest BCUT2D eigenvalue weighted by atomic mass is 16.6. The van der Waals surface area contributed by atoms with Crippen molar-refractivity contribution in [1.29, 1.82) is 0 Å². The number of carbonyl (C=O) groups is 2. The number of methoxy groups -OCH3 is 1. The van der Waals surface area contributed by atoms with E-state index in [2.05, 4.69) is 15.4 Å². The lowest BCUT2D eigenvalue weighted by Crippen LogP contribution is -2.42. The third kappa shape index (κ3) is 3.93. The minimum absolute atomic E-state index is 0.222. The molecule has 1 aromatic heterocycles. The molecule has 1 saturated heterocycles. The minimum atomic E-state index is -0.331. The third-order valence-electron chi connectivity index (χ3n) is 4.01. The Kier molecular flexibility index (Phi) is 5.35. The first kappa shape index (κ1) is 17.7. The molecule has 1 aromatic carbocycles. The Morgan fingerprint density at radius 2 is 2.27 bits per heavy atom. The van der Waals surface area contributed by atoms with Crippen molar-refractivity contribution in [2.24, 2.45) is 7.05 Å². The summed E-state index contributed by atoms with van der Waals surface area (Å²) in [4.78, 5) is 29.8. The molecule has 0 atom stereocenters. The highest BCUT2D eigenvalue weighted by Crippen LogP contribution is 2.19. The number of rotatable bonds is 6. The molecule has 1 N–H and O–H groups in total. The number of cyclic esters (lactones) is 1. The van der Waals surface area contributed by atoms with Crippen molar-refractivity contribution in [3.8, 4) is 17.4 Å². The molecule has 0 saturated carbocycles. The van der Waals surface area contributed by atoms with Crippen molar-refractivity contribution in [2.75, 3.05) is 33.4 Å². The molecule has 9 heteroatoms. The van der Waals surface area contributed by atoms with Crippen molar-refractivity contribution in [3.05, 3.63) is 29.8 Å². The van der Waals surface area contributed by atoms with Gasteiger partial charge >= 0.3 is 12.1 Å². The number of nitrogens with one attached hydrogen (secondary N) is 1. The molecule has 26 heavy (non-hydrogen) atoms. The Morgan fingerprint density at radius 1 is 1.42 bits per heavy atom. The molecule has 0 unspecified atom stereocenters. The number of aryl methyl sites for hydroxylation is 1. The van der Waals surface area contributed by atoms with Crippen molar-refractivity contribution < 1.29 is 19.1 Å². The summed E-state index contributed by atoms with van der Waals surface area (Å²) in [5, 5.41) is 7.09. The highest BCUT2D eigenvalue weighted by molar-refractivity contribution is 5.95. The lowest BCUT2D eigenvalue weighted by Gasteiger charge is -2.26. The van der Waals surface area contributed by atoms with Gasteiger partial charge in [-0.3, -0.25) is 4.79 Å². The first-order chi connectivity index (χ1) is 12.6. The maximum absolute atomic E-state index is 12.4. The van der Waals surface area contributed by atoms with Crippen LogP contribution in [0, 0.1) is 0 Å². The second kappa shape index (κ2) is 7.85. The molecule has 2 amide bonds. The summed E-state index contributed by atoms with van der Waals surface area (Å²) >= 11 is 0. The van der Waals surface area contributed by atoms with E-state index >= 15 is 0 Å². The number of amides is 2. The fourth-order valence-electron chi connectivity index (χ4n) is 2.68. The van der Waals surface area contributed by atoms with Crippen molar-refractivity contribution >= 4 is 12.0 Å². The van der Waals surface area contributed by atoms with Crippen molar-refractivity contribution in [1.82, 2.24) is 25.0 Å². The Morgan fingerprint density at radius 3 is 3.00 bits per heavy atom. The molecule has 0 aliphatic carbocycles. The van der Waals surface area contributed by atoms with E-state index in [1.165, 1.54) is 11.8 Å². The van der Waals surface area contributed by atoms with E-state index in [-0.39, 0.29) is 12.0 Å². The van der Waals surface area contributed by atoms with Crippen molar-refractivity contribution in [2.45, 2.75) is 6.42 Å². The van der Waals surface area contributed by atoms with Crippen LogP contribution in [0.25, 0.3) is 11.4 Å². The fraction of sp³-hybridized carbons (Fsp3) is 0.412. The van der Waals surface area contributed by atoms with Gasteiger partial charge in [0, 0.05) is 37.8 Å². The molecule has 0 spiro atoms. The van der Waals surface area contributed by atoms with Crippen LogP contribution in [-0.2, 0) is 11.8 Å². The molecule has 0 radical (unpaired) electrons. The van der Waals surface area contributed by atoms with Crippen LogP contribution >= 0.6 is 0 Å².